The maximum atomic E-state index is 3.89. The van der Waals surface area contributed by atoms with E-state index >= 15 is 0 Å². The second kappa shape index (κ2) is 25.1. The first-order valence-corrected chi connectivity index (χ1v) is 7.30. The van der Waals surface area contributed by atoms with Crippen molar-refractivity contribution in [3.63, 3.8) is 0 Å². The van der Waals surface area contributed by atoms with Crippen LogP contribution in [0.5, 0.6) is 0 Å². The summed E-state index contributed by atoms with van der Waals surface area (Å²) in [6, 6.07) is 1.53. The van der Waals surface area contributed by atoms with Crippen LogP contribution in [0.25, 0.3) is 16.0 Å². The zero-order valence-electron chi connectivity index (χ0n) is 15.5. The predicted octanol–water partition coefficient (Wildman–Crippen LogP) is 5.50. The molecule has 0 aromatic carbocycles. The monoisotopic (exact) mass is 329 g/mol. The first-order chi connectivity index (χ1) is 9.31. The summed E-state index contributed by atoms with van der Waals surface area (Å²) in [7, 11) is 5.47. The average Bonchev–Trinajstić information content (AvgIpc) is 2.99. The third kappa shape index (κ3) is 53.5. The van der Waals surface area contributed by atoms with Crippen molar-refractivity contribution in [1.29, 1.82) is 0 Å². The second-order valence-electron chi connectivity index (χ2n) is 5.06. The molecule has 0 aromatic heterocycles. The minimum Gasteiger partial charge on any atom is -0.663 e. The van der Waals surface area contributed by atoms with Gasteiger partial charge < -0.3 is 16.0 Å². The fraction of sp³-hybridized carbons (Fsp3) is 0.765. The Labute approximate surface area is 149 Å². The van der Waals surface area contributed by atoms with Crippen LogP contribution in [0.2, 0.25) is 0 Å². The zero-order valence-corrected chi connectivity index (χ0v) is 17.1. The molecule has 0 saturated heterocycles. The fourth-order valence-electron chi connectivity index (χ4n) is 0.340. The van der Waals surface area contributed by atoms with Gasteiger partial charge in [-0.25, -0.2) is 12.2 Å². The van der Waals surface area contributed by atoms with Gasteiger partial charge in [0, 0.05) is 0 Å². The number of hydrogen-bond donors (Lipinski definition) is 0. The summed E-state index contributed by atoms with van der Waals surface area (Å²) in [4.78, 5) is 0. The predicted molar refractivity (Wildman–Crippen MR) is 94.8 cm³/mol. The van der Waals surface area contributed by atoms with E-state index in [9.17, 15) is 0 Å². The smallest absolute Gasteiger partial charge is 0.663 e. The molecule has 0 radical (unpaired) electrons. The van der Waals surface area contributed by atoms with Crippen molar-refractivity contribution in [1.82, 2.24) is 0 Å². The number of hydrogen-bond acceptors (Lipinski definition) is 0. The van der Waals surface area contributed by atoms with Crippen molar-refractivity contribution < 1.29 is 21.7 Å². The van der Waals surface area contributed by atoms with Gasteiger partial charge in [-0.15, -0.1) is 24.5 Å². The molecular formula is C17H35N3Ti. The summed E-state index contributed by atoms with van der Waals surface area (Å²) < 4.78 is 0. The Balaban J connectivity index is -0.0000000903. The molecule has 1 aliphatic rings. The van der Waals surface area contributed by atoms with Gasteiger partial charge in [-0.05, 0) is 0 Å². The van der Waals surface area contributed by atoms with Gasteiger partial charge in [-0.3, -0.25) is 6.08 Å². The van der Waals surface area contributed by atoms with Crippen LogP contribution in [-0.4, -0.2) is 39.3 Å². The molecule has 0 saturated carbocycles. The first kappa shape index (κ1) is 29.1. The van der Waals surface area contributed by atoms with Crippen LogP contribution in [0.4, 0.5) is 0 Å². The van der Waals surface area contributed by atoms with E-state index in [2.05, 4.69) is 69.6 Å². The van der Waals surface area contributed by atoms with Crippen molar-refractivity contribution in [2.24, 2.45) is 0 Å². The van der Waals surface area contributed by atoms with Gasteiger partial charge >= 0.3 is 21.7 Å². The molecule has 0 aromatic rings. The summed E-state index contributed by atoms with van der Waals surface area (Å²) in [6.07, 6.45) is 10.0. The van der Waals surface area contributed by atoms with Crippen molar-refractivity contribution in [2.75, 3.05) is 21.1 Å². The van der Waals surface area contributed by atoms with Gasteiger partial charge in [0.25, 0.3) is 0 Å². The van der Waals surface area contributed by atoms with Crippen LogP contribution in [0.15, 0.2) is 18.2 Å². The van der Waals surface area contributed by atoms with E-state index in [1.165, 1.54) is 0 Å². The molecule has 0 atom stereocenters. The number of allylic oxidation sites excluding steroid dienone is 4. The Hall–Kier alpha value is 0.0743. The Morgan fingerprint density at radius 3 is 1.10 bits per heavy atom. The van der Waals surface area contributed by atoms with Crippen molar-refractivity contribution in [2.45, 2.75) is 66.1 Å². The van der Waals surface area contributed by atoms with E-state index in [4.69, 9.17) is 0 Å². The molecule has 21 heavy (non-hydrogen) atoms. The van der Waals surface area contributed by atoms with Gasteiger partial charge in [0.1, 0.15) is 0 Å². The minimum absolute atomic E-state index is 0. The van der Waals surface area contributed by atoms with Crippen LogP contribution in [0.1, 0.15) is 48.0 Å². The fourth-order valence-corrected chi connectivity index (χ4v) is 0.340. The summed E-state index contributed by atoms with van der Waals surface area (Å²) in [6.45, 7) is 12.3. The molecule has 0 bridgehead atoms. The van der Waals surface area contributed by atoms with Gasteiger partial charge in [0.15, 0.2) is 0 Å². The van der Waals surface area contributed by atoms with E-state index in [1.807, 2.05) is 33.3 Å². The maximum Gasteiger partial charge on any atom is 4.00 e. The quantitative estimate of drug-likeness (QED) is 0.485. The minimum atomic E-state index is 0. The Kier molecular flexibility index (Phi) is 34.8. The second-order valence-corrected chi connectivity index (χ2v) is 5.06. The van der Waals surface area contributed by atoms with Crippen LogP contribution in [-0.2, 0) is 21.7 Å². The molecule has 0 spiro atoms. The molecule has 1 rings (SSSR count). The standard InChI is InChI=1S/C5H5.3C4H10N.Ti/c1-2-4-5-3-1;3*1-4(2)5-3;/h1-3H,4H2;3*4H,1-3H3;/q4*-1;+4. The summed E-state index contributed by atoms with van der Waals surface area (Å²) in [5.41, 5.74) is 0. The van der Waals surface area contributed by atoms with Crippen molar-refractivity contribution in [3.8, 4) is 0 Å². The zero-order chi connectivity index (χ0) is 16.4. The third-order valence-corrected chi connectivity index (χ3v) is 2.14. The third-order valence-electron chi connectivity index (χ3n) is 2.14. The van der Waals surface area contributed by atoms with Gasteiger partial charge in [-0.1, -0.05) is 41.5 Å². The molecule has 0 amide bonds. The van der Waals surface area contributed by atoms with E-state index in [1.54, 1.807) is 0 Å². The van der Waals surface area contributed by atoms with Gasteiger partial charge in [-0.2, -0.15) is 27.2 Å². The van der Waals surface area contributed by atoms with Gasteiger partial charge in [0.05, 0.1) is 0 Å². The first-order valence-electron chi connectivity index (χ1n) is 7.30. The average molecular weight is 329 g/mol. The van der Waals surface area contributed by atoms with Crippen LogP contribution in [0.3, 0.4) is 0 Å². The van der Waals surface area contributed by atoms with Crippen LogP contribution >= 0.6 is 0 Å². The van der Waals surface area contributed by atoms with E-state index in [0.29, 0.717) is 18.1 Å². The normalized spacial score (nSPS) is 11.0. The SMILES string of the molecule is C[N-]C(C)C.C[N-]C(C)C.C[N-]C(C)C.[C-]1=CC=CC1.[Ti+4]. The maximum absolute atomic E-state index is 3.89. The van der Waals surface area contributed by atoms with Crippen molar-refractivity contribution in [3.05, 3.63) is 40.3 Å². The van der Waals surface area contributed by atoms with E-state index in [-0.39, 0.29) is 21.7 Å². The molecule has 0 N–H and O–H groups in total. The number of rotatable bonds is 3. The molecule has 3 nitrogen and oxygen atoms in total. The molecule has 1 aliphatic carbocycles. The van der Waals surface area contributed by atoms with Crippen molar-refractivity contribution >= 4 is 0 Å². The van der Waals surface area contributed by atoms with E-state index < -0.39 is 0 Å². The molecule has 4 heteroatoms. The summed E-state index contributed by atoms with van der Waals surface area (Å²) in [5, 5.41) is 11.7. The van der Waals surface area contributed by atoms with Crippen LogP contribution < -0.4 is 0 Å². The molecule has 0 unspecified atom stereocenters. The molecule has 0 heterocycles. The largest absolute Gasteiger partial charge is 4.00 e. The molecule has 0 aliphatic heterocycles. The topological polar surface area (TPSA) is 42.3 Å². The summed E-state index contributed by atoms with van der Waals surface area (Å²) >= 11 is 0. The van der Waals surface area contributed by atoms with Crippen LogP contribution in [0, 0.1) is 6.08 Å². The molecular weight excluding hydrogens is 294 g/mol. The Bertz CT molecular complexity index is 183. The van der Waals surface area contributed by atoms with Gasteiger partial charge in [0.2, 0.25) is 0 Å². The molecule has 122 valence electrons. The molecule has 0 fully saturated rings. The Morgan fingerprint density at radius 1 is 0.762 bits per heavy atom. The van der Waals surface area contributed by atoms with E-state index in [0.717, 1.165) is 6.42 Å². The number of nitrogens with zero attached hydrogens (tertiary/aromatic N) is 3. The Morgan fingerprint density at radius 2 is 1.05 bits per heavy atom. The summed E-state index contributed by atoms with van der Waals surface area (Å²) in [5.74, 6) is 0.